The lowest BCUT2D eigenvalue weighted by molar-refractivity contribution is -0.669. The highest BCUT2D eigenvalue weighted by Crippen LogP contribution is 2.31. The maximum atomic E-state index is 13.4. The van der Waals surface area contributed by atoms with Crippen LogP contribution in [0.25, 0.3) is 11.3 Å². The number of fused-ring (bicyclic) bond motifs is 1. The molecule has 0 saturated carbocycles. The molecular weight excluding hydrogens is 480 g/mol. The fourth-order valence-electron chi connectivity index (χ4n) is 5.07. The van der Waals surface area contributed by atoms with Crippen LogP contribution < -0.4 is 14.7 Å². The molecule has 1 aromatic carbocycles. The molecule has 0 unspecified atom stereocenters. The number of likely N-dealkylation sites (tertiary alicyclic amines) is 1. The highest BCUT2D eigenvalue weighted by atomic mass is 16.5. The summed E-state index contributed by atoms with van der Waals surface area (Å²) in [7, 11) is 3.69. The van der Waals surface area contributed by atoms with Crippen LogP contribution in [-0.4, -0.2) is 55.3 Å². The van der Waals surface area contributed by atoms with Gasteiger partial charge in [-0.15, -0.1) is 4.68 Å². The van der Waals surface area contributed by atoms with Gasteiger partial charge in [-0.05, 0) is 31.2 Å². The van der Waals surface area contributed by atoms with E-state index in [0.29, 0.717) is 28.8 Å². The van der Waals surface area contributed by atoms with Crippen molar-refractivity contribution >= 4 is 17.4 Å². The van der Waals surface area contributed by atoms with Crippen molar-refractivity contribution in [1.82, 2.24) is 29.2 Å². The van der Waals surface area contributed by atoms with Gasteiger partial charge in [-0.2, -0.15) is 5.10 Å². The van der Waals surface area contributed by atoms with Gasteiger partial charge in [-0.25, -0.2) is 29.3 Å². The molecule has 1 aliphatic rings. The number of rotatable bonds is 7. The molecule has 0 radical (unpaired) electrons. The number of aromatic nitrogens is 6. The monoisotopic (exact) mass is 509 g/mol. The summed E-state index contributed by atoms with van der Waals surface area (Å²) in [6.07, 6.45) is 6.72. The molecule has 10 heteroatoms. The first-order valence-corrected chi connectivity index (χ1v) is 12.5. The predicted octanol–water partition coefficient (Wildman–Crippen LogP) is 2.91. The highest BCUT2D eigenvalue weighted by Gasteiger charge is 2.35. The largest absolute Gasteiger partial charge is 0.481 e. The third kappa shape index (κ3) is 4.28. The lowest BCUT2D eigenvalue weighted by atomic mass is 9.95. The van der Waals surface area contributed by atoms with Crippen LogP contribution in [0, 0.1) is 6.92 Å². The second-order valence-electron chi connectivity index (χ2n) is 9.59. The lowest BCUT2D eigenvalue weighted by Crippen LogP contribution is -2.47. The van der Waals surface area contributed by atoms with Crippen LogP contribution in [0.2, 0.25) is 0 Å². The maximum Gasteiger partial charge on any atom is 0.344 e. The third-order valence-corrected chi connectivity index (χ3v) is 7.04. The minimum atomic E-state index is -0.254. The predicted molar refractivity (Wildman–Crippen MR) is 141 cm³/mol. The van der Waals surface area contributed by atoms with Crippen molar-refractivity contribution in [2.45, 2.75) is 19.4 Å². The Labute approximate surface area is 220 Å². The normalized spacial score (nSPS) is 14.0. The number of nitrogens with zero attached hydrogens (tertiary/aromatic N) is 7. The van der Waals surface area contributed by atoms with E-state index in [1.54, 1.807) is 42.5 Å². The number of carbonyl (C=O) groups is 1. The molecular formula is C28H29N8O2+. The Morgan fingerprint density at radius 1 is 1.13 bits per heavy atom. The number of pyridine rings is 1. The Morgan fingerprint density at radius 2 is 1.92 bits per heavy atom. The minimum Gasteiger partial charge on any atom is -0.481 e. The SMILES string of the molecule is COc1ncccc1CN1CC(c2cc(NC(=O)c3cnn4cccnc34)[n+](-c3ccc(C)cc3)n2C)C1. The fraction of sp³-hybridized carbons (Fsp3) is 0.250. The average molecular weight is 510 g/mol. The fourth-order valence-corrected chi connectivity index (χ4v) is 5.07. The number of benzene rings is 1. The molecule has 10 nitrogen and oxygen atoms in total. The van der Waals surface area contributed by atoms with Crippen molar-refractivity contribution in [3.63, 3.8) is 0 Å². The first-order chi connectivity index (χ1) is 18.5. The van der Waals surface area contributed by atoms with Crippen molar-refractivity contribution in [1.29, 1.82) is 0 Å². The molecule has 38 heavy (non-hydrogen) atoms. The molecule has 0 aliphatic carbocycles. The van der Waals surface area contributed by atoms with Crippen LogP contribution in [0.5, 0.6) is 5.88 Å². The number of amides is 1. The average Bonchev–Trinajstić information content (AvgIpc) is 3.48. The van der Waals surface area contributed by atoms with Gasteiger partial charge in [-0.1, -0.05) is 23.8 Å². The highest BCUT2D eigenvalue weighted by molar-refractivity contribution is 6.07. The Morgan fingerprint density at radius 3 is 2.71 bits per heavy atom. The Kier molecular flexibility index (Phi) is 6.09. The summed E-state index contributed by atoms with van der Waals surface area (Å²) in [6.45, 7) is 4.64. The lowest BCUT2D eigenvalue weighted by Gasteiger charge is -2.39. The molecule has 5 aromatic rings. The summed E-state index contributed by atoms with van der Waals surface area (Å²) in [5.74, 6) is 1.43. The van der Waals surface area contributed by atoms with Crippen LogP contribution in [0.15, 0.2) is 73.3 Å². The molecule has 1 N–H and O–H groups in total. The van der Waals surface area contributed by atoms with Gasteiger partial charge in [0.25, 0.3) is 0 Å². The zero-order chi connectivity index (χ0) is 26.2. The first kappa shape index (κ1) is 23.8. The van der Waals surface area contributed by atoms with Crippen molar-refractivity contribution in [3.05, 3.63) is 95.7 Å². The number of hydrogen-bond acceptors (Lipinski definition) is 6. The van der Waals surface area contributed by atoms with E-state index >= 15 is 0 Å². The summed E-state index contributed by atoms with van der Waals surface area (Å²) >= 11 is 0. The van der Waals surface area contributed by atoms with E-state index < -0.39 is 0 Å². The van der Waals surface area contributed by atoms with Gasteiger partial charge in [0.05, 0.1) is 25.1 Å². The van der Waals surface area contributed by atoms with E-state index in [9.17, 15) is 4.79 Å². The van der Waals surface area contributed by atoms with Gasteiger partial charge < -0.3 is 4.74 Å². The number of carbonyl (C=O) groups excluding carboxylic acids is 1. The van der Waals surface area contributed by atoms with Crippen LogP contribution in [0.1, 0.15) is 33.1 Å². The molecule has 1 saturated heterocycles. The van der Waals surface area contributed by atoms with Gasteiger partial charge in [0.15, 0.2) is 11.3 Å². The van der Waals surface area contributed by atoms with E-state index in [1.165, 1.54) is 5.56 Å². The first-order valence-electron chi connectivity index (χ1n) is 12.5. The van der Waals surface area contributed by atoms with E-state index in [1.807, 2.05) is 17.8 Å². The number of ether oxygens (including phenoxy) is 1. The summed E-state index contributed by atoms with van der Waals surface area (Å²) in [4.78, 5) is 24.4. The third-order valence-electron chi connectivity index (χ3n) is 7.04. The zero-order valence-electron chi connectivity index (χ0n) is 21.6. The smallest absolute Gasteiger partial charge is 0.344 e. The van der Waals surface area contributed by atoms with Crippen molar-refractivity contribution in [2.75, 3.05) is 25.5 Å². The Bertz CT molecular complexity index is 1620. The summed E-state index contributed by atoms with van der Waals surface area (Å²) < 4.78 is 11.2. The molecule has 4 aromatic heterocycles. The molecule has 1 fully saturated rings. The van der Waals surface area contributed by atoms with E-state index in [2.05, 4.69) is 73.3 Å². The number of anilines is 1. The summed E-state index contributed by atoms with van der Waals surface area (Å²) in [5, 5.41) is 7.38. The Balaban J connectivity index is 1.28. The van der Waals surface area contributed by atoms with Crippen molar-refractivity contribution in [3.8, 4) is 11.6 Å². The minimum absolute atomic E-state index is 0.254. The standard InChI is InChI=1S/C28H28N8O2/c1-19-7-9-22(10-8-19)36-25(32-27(37)23-15-31-35-13-5-12-29-26(23)35)14-24(33(36)2)21-17-34(18-21)16-20-6-4-11-30-28(20)38-3/h4-15,21H,16-18H2,1-3H3/p+1. The van der Waals surface area contributed by atoms with Crippen molar-refractivity contribution in [2.24, 2.45) is 7.05 Å². The van der Waals surface area contributed by atoms with E-state index in [0.717, 1.165) is 36.6 Å². The quantitative estimate of drug-likeness (QED) is 0.339. The molecule has 192 valence electrons. The van der Waals surface area contributed by atoms with Gasteiger partial charge in [0.1, 0.15) is 5.56 Å². The topological polar surface area (TPSA) is 93.5 Å². The van der Waals surface area contributed by atoms with Crippen LogP contribution in [0.3, 0.4) is 0 Å². The molecule has 5 heterocycles. The molecule has 6 rings (SSSR count). The summed E-state index contributed by atoms with van der Waals surface area (Å²) in [6, 6.07) is 16.1. The van der Waals surface area contributed by atoms with E-state index in [4.69, 9.17) is 4.74 Å². The van der Waals surface area contributed by atoms with Crippen molar-refractivity contribution < 1.29 is 14.2 Å². The number of nitrogens with one attached hydrogen (secondary N) is 1. The second kappa shape index (κ2) is 9.71. The van der Waals surface area contributed by atoms with Crippen LogP contribution in [0.4, 0.5) is 5.82 Å². The molecule has 0 atom stereocenters. The van der Waals surface area contributed by atoms with Crippen LogP contribution in [-0.2, 0) is 13.6 Å². The molecule has 1 amide bonds. The maximum absolute atomic E-state index is 13.4. The van der Waals surface area contributed by atoms with Gasteiger partial charge >= 0.3 is 11.7 Å². The number of hydrogen-bond donors (Lipinski definition) is 1. The van der Waals surface area contributed by atoms with Gasteiger partial charge in [0.2, 0.25) is 5.88 Å². The molecule has 1 aliphatic heterocycles. The van der Waals surface area contributed by atoms with Gasteiger partial charge in [0, 0.05) is 56.8 Å². The molecule has 0 bridgehead atoms. The number of methoxy groups -OCH3 is 1. The van der Waals surface area contributed by atoms with Crippen LogP contribution >= 0.6 is 0 Å². The second-order valence-corrected chi connectivity index (χ2v) is 9.59. The van der Waals surface area contributed by atoms with E-state index in [-0.39, 0.29) is 5.91 Å². The zero-order valence-corrected chi connectivity index (χ0v) is 21.6. The Hall–Kier alpha value is -4.57. The molecule has 0 spiro atoms. The number of aryl methyl sites for hydroxylation is 1. The summed E-state index contributed by atoms with van der Waals surface area (Å²) in [5.41, 5.74) is 5.30. The van der Waals surface area contributed by atoms with Gasteiger partial charge in [-0.3, -0.25) is 4.90 Å².